The Morgan fingerprint density at radius 1 is 1.28 bits per heavy atom. The van der Waals surface area contributed by atoms with E-state index in [1.165, 1.54) is 25.7 Å². The second kappa shape index (κ2) is 6.01. The molecule has 0 radical (unpaired) electrons. The smallest absolute Gasteiger partial charge is 0.241 e. The van der Waals surface area contributed by atoms with Gasteiger partial charge in [-0.15, -0.1) is 0 Å². The number of carbonyl (C=O) groups is 1. The molecule has 1 aromatic rings. The van der Waals surface area contributed by atoms with Gasteiger partial charge in [0.2, 0.25) is 5.91 Å². The molecule has 0 aromatic heterocycles. The highest BCUT2D eigenvalue weighted by Crippen LogP contribution is 2.27. The summed E-state index contributed by atoms with van der Waals surface area (Å²) in [5, 5.41) is 3.06. The standard InChI is InChI=1S/C15H22N2O/c1-11(12-7-5-6-8-12)17-15(18)14(16)13-9-3-2-4-10-13/h2-4,9-12,14H,5-8,16H2,1H3,(H,17,18)/t11-,14-/m0/s1. The zero-order chi connectivity index (χ0) is 13.0. The van der Waals surface area contributed by atoms with Crippen LogP contribution < -0.4 is 11.1 Å². The van der Waals surface area contributed by atoms with Crippen molar-refractivity contribution in [1.29, 1.82) is 0 Å². The first kappa shape index (κ1) is 13.1. The van der Waals surface area contributed by atoms with Gasteiger partial charge in [-0.05, 0) is 31.2 Å². The highest BCUT2D eigenvalue weighted by Gasteiger charge is 2.24. The number of nitrogens with two attached hydrogens (primary N) is 1. The molecule has 3 nitrogen and oxygen atoms in total. The van der Waals surface area contributed by atoms with Crippen LogP contribution in [0.25, 0.3) is 0 Å². The summed E-state index contributed by atoms with van der Waals surface area (Å²) < 4.78 is 0. The molecule has 1 aromatic carbocycles. The predicted octanol–water partition coefficient (Wildman–Crippen LogP) is 2.38. The Bertz CT molecular complexity index is 385. The first-order valence-corrected chi connectivity index (χ1v) is 6.79. The van der Waals surface area contributed by atoms with Crippen LogP contribution in [-0.4, -0.2) is 11.9 Å². The second-order valence-electron chi connectivity index (χ2n) is 5.23. The summed E-state index contributed by atoms with van der Waals surface area (Å²) >= 11 is 0. The van der Waals surface area contributed by atoms with Gasteiger partial charge in [0.05, 0.1) is 0 Å². The summed E-state index contributed by atoms with van der Waals surface area (Å²) in [6.45, 7) is 2.09. The molecule has 1 fully saturated rings. The first-order valence-electron chi connectivity index (χ1n) is 6.79. The van der Waals surface area contributed by atoms with E-state index in [9.17, 15) is 4.79 Å². The molecule has 0 aliphatic heterocycles. The second-order valence-corrected chi connectivity index (χ2v) is 5.23. The van der Waals surface area contributed by atoms with Crippen molar-refractivity contribution in [1.82, 2.24) is 5.32 Å². The molecule has 0 heterocycles. The van der Waals surface area contributed by atoms with Crippen LogP contribution in [0.1, 0.15) is 44.2 Å². The predicted molar refractivity (Wildman–Crippen MR) is 72.9 cm³/mol. The summed E-state index contributed by atoms with van der Waals surface area (Å²) in [4.78, 5) is 12.1. The van der Waals surface area contributed by atoms with Gasteiger partial charge in [-0.2, -0.15) is 0 Å². The van der Waals surface area contributed by atoms with E-state index in [1.54, 1.807) is 0 Å². The summed E-state index contributed by atoms with van der Waals surface area (Å²) in [6.07, 6.45) is 5.02. The van der Waals surface area contributed by atoms with Crippen molar-refractivity contribution in [3.05, 3.63) is 35.9 Å². The topological polar surface area (TPSA) is 55.1 Å². The number of hydrogen-bond acceptors (Lipinski definition) is 2. The van der Waals surface area contributed by atoms with Gasteiger partial charge >= 0.3 is 0 Å². The monoisotopic (exact) mass is 246 g/mol. The van der Waals surface area contributed by atoms with Crippen molar-refractivity contribution in [3.8, 4) is 0 Å². The van der Waals surface area contributed by atoms with E-state index >= 15 is 0 Å². The third-order valence-corrected chi connectivity index (χ3v) is 3.92. The molecule has 98 valence electrons. The average Bonchev–Trinajstić information content (AvgIpc) is 2.92. The zero-order valence-corrected chi connectivity index (χ0v) is 10.9. The van der Waals surface area contributed by atoms with Gasteiger partial charge in [-0.1, -0.05) is 43.2 Å². The lowest BCUT2D eigenvalue weighted by Crippen LogP contribution is -2.42. The van der Waals surface area contributed by atoms with Gasteiger partial charge in [-0.3, -0.25) is 4.79 Å². The summed E-state index contributed by atoms with van der Waals surface area (Å²) in [5.41, 5.74) is 6.84. The van der Waals surface area contributed by atoms with Crippen molar-refractivity contribution in [2.75, 3.05) is 0 Å². The molecule has 2 rings (SSSR count). The third kappa shape index (κ3) is 3.10. The fourth-order valence-electron chi connectivity index (χ4n) is 2.70. The van der Waals surface area contributed by atoms with Crippen LogP contribution >= 0.6 is 0 Å². The largest absolute Gasteiger partial charge is 0.352 e. The lowest BCUT2D eigenvalue weighted by Gasteiger charge is -2.22. The van der Waals surface area contributed by atoms with Crippen LogP contribution in [0.2, 0.25) is 0 Å². The van der Waals surface area contributed by atoms with E-state index in [2.05, 4.69) is 12.2 Å². The molecule has 0 saturated heterocycles. The molecule has 3 N–H and O–H groups in total. The minimum Gasteiger partial charge on any atom is -0.352 e. The van der Waals surface area contributed by atoms with Gasteiger partial charge in [0.1, 0.15) is 6.04 Å². The molecule has 3 heteroatoms. The van der Waals surface area contributed by atoms with Crippen molar-refractivity contribution in [2.24, 2.45) is 11.7 Å². The van der Waals surface area contributed by atoms with E-state index in [-0.39, 0.29) is 11.9 Å². The molecule has 0 spiro atoms. The molecule has 1 aliphatic rings. The maximum Gasteiger partial charge on any atom is 0.241 e. The highest BCUT2D eigenvalue weighted by molar-refractivity contribution is 5.83. The Balaban J connectivity index is 1.91. The van der Waals surface area contributed by atoms with Crippen LogP contribution in [0, 0.1) is 5.92 Å². The van der Waals surface area contributed by atoms with E-state index in [0.29, 0.717) is 5.92 Å². The molecule has 18 heavy (non-hydrogen) atoms. The van der Waals surface area contributed by atoms with Crippen LogP contribution in [0.3, 0.4) is 0 Å². The molecule has 2 atom stereocenters. The Labute approximate surface area is 109 Å². The fraction of sp³-hybridized carbons (Fsp3) is 0.533. The first-order chi connectivity index (χ1) is 8.68. The number of carbonyl (C=O) groups excluding carboxylic acids is 1. The maximum absolute atomic E-state index is 12.1. The van der Waals surface area contributed by atoms with Crippen LogP contribution in [0.5, 0.6) is 0 Å². The SMILES string of the molecule is C[C@H](NC(=O)[C@@H](N)c1ccccc1)C1CCCC1. The van der Waals surface area contributed by atoms with E-state index in [4.69, 9.17) is 5.73 Å². The molecule has 1 amide bonds. The third-order valence-electron chi connectivity index (χ3n) is 3.92. The van der Waals surface area contributed by atoms with Crippen molar-refractivity contribution < 1.29 is 4.79 Å². The molecule has 1 aliphatic carbocycles. The van der Waals surface area contributed by atoms with Crippen LogP contribution in [-0.2, 0) is 4.79 Å². The zero-order valence-electron chi connectivity index (χ0n) is 10.9. The minimum atomic E-state index is -0.560. The van der Waals surface area contributed by atoms with E-state index < -0.39 is 6.04 Å². The van der Waals surface area contributed by atoms with E-state index in [1.807, 2.05) is 30.3 Å². The number of rotatable bonds is 4. The lowest BCUT2D eigenvalue weighted by atomic mass is 9.99. The van der Waals surface area contributed by atoms with Crippen LogP contribution in [0.4, 0.5) is 0 Å². The maximum atomic E-state index is 12.1. The Morgan fingerprint density at radius 3 is 2.50 bits per heavy atom. The number of hydrogen-bond donors (Lipinski definition) is 2. The van der Waals surface area contributed by atoms with Gasteiger partial charge in [-0.25, -0.2) is 0 Å². The Kier molecular flexibility index (Phi) is 4.37. The van der Waals surface area contributed by atoms with Gasteiger partial charge < -0.3 is 11.1 Å². The number of nitrogens with one attached hydrogen (secondary N) is 1. The number of amides is 1. The Morgan fingerprint density at radius 2 is 1.89 bits per heavy atom. The van der Waals surface area contributed by atoms with Crippen LogP contribution in [0.15, 0.2) is 30.3 Å². The van der Waals surface area contributed by atoms with Gasteiger partial charge in [0.15, 0.2) is 0 Å². The van der Waals surface area contributed by atoms with Crippen molar-refractivity contribution in [2.45, 2.75) is 44.7 Å². The summed E-state index contributed by atoms with van der Waals surface area (Å²) in [7, 11) is 0. The number of benzene rings is 1. The lowest BCUT2D eigenvalue weighted by molar-refractivity contribution is -0.123. The summed E-state index contributed by atoms with van der Waals surface area (Å²) in [6, 6.07) is 9.19. The van der Waals surface area contributed by atoms with Gasteiger partial charge in [0, 0.05) is 6.04 Å². The fourth-order valence-corrected chi connectivity index (χ4v) is 2.70. The van der Waals surface area contributed by atoms with Crippen molar-refractivity contribution in [3.63, 3.8) is 0 Å². The molecule has 1 saturated carbocycles. The van der Waals surface area contributed by atoms with Gasteiger partial charge in [0.25, 0.3) is 0 Å². The molecule has 0 unspecified atom stereocenters. The van der Waals surface area contributed by atoms with E-state index in [0.717, 1.165) is 5.56 Å². The molecular formula is C15H22N2O. The Hall–Kier alpha value is -1.35. The normalized spacial score (nSPS) is 19.4. The highest BCUT2D eigenvalue weighted by atomic mass is 16.2. The minimum absolute atomic E-state index is 0.0689. The quantitative estimate of drug-likeness (QED) is 0.857. The average molecular weight is 246 g/mol. The molecule has 0 bridgehead atoms. The molecular weight excluding hydrogens is 224 g/mol. The summed E-state index contributed by atoms with van der Waals surface area (Å²) in [5.74, 6) is 0.553. The van der Waals surface area contributed by atoms with Crippen molar-refractivity contribution >= 4 is 5.91 Å².